The first-order valence-corrected chi connectivity index (χ1v) is 7.81. The Morgan fingerprint density at radius 1 is 1.56 bits per heavy atom. The topological polar surface area (TPSA) is 49.6 Å². The van der Waals surface area contributed by atoms with Gasteiger partial charge in [0.25, 0.3) is 0 Å². The van der Waals surface area contributed by atoms with Crippen molar-refractivity contribution in [2.45, 2.75) is 25.0 Å². The van der Waals surface area contributed by atoms with Crippen LogP contribution >= 0.6 is 24.0 Å². The van der Waals surface area contributed by atoms with Gasteiger partial charge < -0.3 is 15.5 Å². The SMILES string of the molecule is CC1CN(CCC(=O)N(C)CCC(N)=S)CCS1. The molecule has 0 radical (unpaired) electrons. The minimum Gasteiger partial charge on any atom is -0.393 e. The third-order valence-corrected chi connectivity index (χ3v) is 4.43. The van der Waals surface area contributed by atoms with Gasteiger partial charge in [-0.3, -0.25) is 4.79 Å². The summed E-state index contributed by atoms with van der Waals surface area (Å²) in [6, 6.07) is 0. The van der Waals surface area contributed by atoms with E-state index in [1.165, 1.54) is 5.75 Å². The second-order valence-corrected chi connectivity index (χ2v) is 6.83. The Labute approximate surface area is 119 Å². The summed E-state index contributed by atoms with van der Waals surface area (Å²) in [6.45, 7) is 5.92. The van der Waals surface area contributed by atoms with Gasteiger partial charge in [-0.25, -0.2) is 0 Å². The number of carbonyl (C=O) groups is 1. The number of thioether (sulfide) groups is 1. The predicted molar refractivity (Wildman–Crippen MR) is 82.0 cm³/mol. The molecule has 1 saturated heterocycles. The van der Waals surface area contributed by atoms with E-state index in [0.29, 0.717) is 29.6 Å². The summed E-state index contributed by atoms with van der Waals surface area (Å²) in [5, 5.41) is 0.682. The first-order chi connectivity index (χ1) is 8.49. The quantitative estimate of drug-likeness (QED) is 0.738. The van der Waals surface area contributed by atoms with E-state index in [1.54, 1.807) is 4.90 Å². The van der Waals surface area contributed by atoms with Crippen LogP contribution in [0.2, 0.25) is 0 Å². The standard InChI is InChI=1S/C12H23N3OS2/c1-10-9-15(7-8-18-10)6-4-12(16)14(2)5-3-11(13)17/h10H,3-9H2,1-2H3,(H2,13,17). The van der Waals surface area contributed by atoms with Crippen LogP contribution in [0.4, 0.5) is 0 Å². The van der Waals surface area contributed by atoms with Gasteiger partial charge in [0.15, 0.2) is 0 Å². The molecule has 1 aliphatic heterocycles. The normalized spacial score (nSPS) is 20.7. The molecule has 1 unspecified atom stereocenters. The minimum absolute atomic E-state index is 0.178. The molecule has 0 saturated carbocycles. The maximum atomic E-state index is 11.9. The Bertz CT molecular complexity index is 299. The number of carbonyl (C=O) groups excluding carboxylic acids is 1. The Kier molecular flexibility index (Phi) is 6.96. The van der Waals surface area contributed by atoms with Gasteiger partial charge in [-0.2, -0.15) is 11.8 Å². The molecule has 1 amide bonds. The van der Waals surface area contributed by atoms with Crippen LogP contribution in [0.25, 0.3) is 0 Å². The van der Waals surface area contributed by atoms with E-state index < -0.39 is 0 Å². The van der Waals surface area contributed by atoms with Gasteiger partial charge in [-0.05, 0) is 0 Å². The first-order valence-electron chi connectivity index (χ1n) is 6.35. The lowest BCUT2D eigenvalue weighted by Gasteiger charge is -2.30. The molecule has 0 spiro atoms. The largest absolute Gasteiger partial charge is 0.393 e. The summed E-state index contributed by atoms with van der Waals surface area (Å²) in [6.07, 6.45) is 1.19. The Morgan fingerprint density at radius 2 is 2.28 bits per heavy atom. The van der Waals surface area contributed by atoms with Gasteiger partial charge in [0.2, 0.25) is 5.91 Å². The van der Waals surface area contributed by atoms with Gasteiger partial charge in [0.1, 0.15) is 0 Å². The number of hydrogen-bond donors (Lipinski definition) is 1. The van der Waals surface area contributed by atoms with E-state index in [1.807, 2.05) is 18.8 Å². The van der Waals surface area contributed by atoms with Crippen LogP contribution in [0.5, 0.6) is 0 Å². The van der Waals surface area contributed by atoms with Crippen molar-refractivity contribution in [3.8, 4) is 0 Å². The molecular formula is C12H23N3OS2. The number of rotatable bonds is 6. The summed E-state index contributed by atoms with van der Waals surface area (Å²) in [7, 11) is 1.81. The Hall–Kier alpha value is -0.330. The predicted octanol–water partition coefficient (Wildman–Crippen LogP) is 0.948. The molecule has 0 aromatic carbocycles. The third kappa shape index (κ3) is 6.02. The van der Waals surface area contributed by atoms with Crippen molar-refractivity contribution in [1.82, 2.24) is 9.80 Å². The molecule has 0 aromatic rings. The Morgan fingerprint density at radius 3 is 2.89 bits per heavy atom. The molecule has 0 bridgehead atoms. The molecule has 0 aromatic heterocycles. The third-order valence-electron chi connectivity index (χ3n) is 3.09. The fourth-order valence-electron chi connectivity index (χ4n) is 1.94. The van der Waals surface area contributed by atoms with Crippen LogP contribution in [0, 0.1) is 0 Å². The molecule has 1 aliphatic rings. The van der Waals surface area contributed by atoms with E-state index in [-0.39, 0.29) is 5.91 Å². The molecule has 1 fully saturated rings. The average Bonchev–Trinajstić information content (AvgIpc) is 2.33. The van der Waals surface area contributed by atoms with Gasteiger partial charge in [-0.1, -0.05) is 19.1 Å². The zero-order chi connectivity index (χ0) is 13.5. The van der Waals surface area contributed by atoms with E-state index in [9.17, 15) is 4.79 Å². The maximum Gasteiger partial charge on any atom is 0.223 e. The van der Waals surface area contributed by atoms with Gasteiger partial charge in [0, 0.05) is 57.1 Å². The van der Waals surface area contributed by atoms with E-state index >= 15 is 0 Å². The summed E-state index contributed by atoms with van der Waals surface area (Å²) >= 11 is 6.82. The molecule has 4 nitrogen and oxygen atoms in total. The van der Waals surface area contributed by atoms with Gasteiger partial charge in [-0.15, -0.1) is 0 Å². The van der Waals surface area contributed by atoms with Crippen molar-refractivity contribution < 1.29 is 4.79 Å². The number of thiocarbonyl (C=S) groups is 1. The monoisotopic (exact) mass is 289 g/mol. The molecule has 2 N–H and O–H groups in total. The number of nitrogens with two attached hydrogens (primary N) is 1. The van der Waals surface area contributed by atoms with E-state index in [2.05, 4.69) is 11.8 Å². The summed E-state index contributed by atoms with van der Waals surface area (Å²) in [4.78, 5) is 16.5. The fraction of sp³-hybridized carbons (Fsp3) is 0.833. The van der Waals surface area contributed by atoms with Crippen molar-refractivity contribution >= 4 is 34.9 Å². The van der Waals surface area contributed by atoms with Crippen molar-refractivity contribution in [3.05, 3.63) is 0 Å². The zero-order valence-electron chi connectivity index (χ0n) is 11.2. The van der Waals surface area contributed by atoms with Crippen molar-refractivity contribution in [2.24, 2.45) is 5.73 Å². The van der Waals surface area contributed by atoms with Crippen LogP contribution in [0.15, 0.2) is 0 Å². The van der Waals surface area contributed by atoms with E-state index in [4.69, 9.17) is 18.0 Å². The van der Waals surface area contributed by atoms with Crippen molar-refractivity contribution in [1.29, 1.82) is 0 Å². The molecule has 0 aliphatic carbocycles. The second kappa shape index (κ2) is 7.96. The molecule has 1 rings (SSSR count). The van der Waals surface area contributed by atoms with Crippen molar-refractivity contribution in [2.75, 3.05) is 39.0 Å². The molecular weight excluding hydrogens is 266 g/mol. The first kappa shape index (κ1) is 15.7. The summed E-state index contributed by atoms with van der Waals surface area (Å²) < 4.78 is 0. The molecule has 18 heavy (non-hydrogen) atoms. The number of nitrogens with zero attached hydrogens (tertiary/aromatic N) is 2. The second-order valence-electron chi connectivity index (χ2n) is 4.76. The lowest BCUT2D eigenvalue weighted by molar-refractivity contribution is -0.130. The number of hydrogen-bond acceptors (Lipinski definition) is 4. The van der Waals surface area contributed by atoms with Crippen LogP contribution in [0.1, 0.15) is 19.8 Å². The van der Waals surface area contributed by atoms with Crippen LogP contribution in [-0.4, -0.2) is 64.9 Å². The van der Waals surface area contributed by atoms with Crippen LogP contribution in [-0.2, 0) is 4.79 Å². The fourth-order valence-corrected chi connectivity index (χ4v) is 3.11. The van der Waals surface area contributed by atoms with Crippen LogP contribution < -0.4 is 5.73 Å². The highest BCUT2D eigenvalue weighted by Gasteiger charge is 2.18. The molecule has 104 valence electrons. The molecule has 1 atom stereocenters. The molecule has 1 heterocycles. The average molecular weight is 289 g/mol. The lowest BCUT2D eigenvalue weighted by Crippen LogP contribution is -2.39. The van der Waals surface area contributed by atoms with E-state index in [0.717, 1.165) is 19.6 Å². The van der Waals surface area contributed by atoms with Crippen molar-refractivity contribution in [3.63, 3.8) is 0 Å². The smallest absolute Gasteiger partial charge is 0.223 e. The summed E-state index contributed by atoms with van der Waals surface area (Å²) in [5.41, 5.74) is 5.43. The highest BCUT2D eigenvalue weighted by Crippen LogP contribution is 2.17. The Balaban J connectivity index is 2.21. The minimum atomic E-state index is 0.178. The van der Waals surface area contributed by atoms with Gasteiger partial charge >= 0.3 is 0 Å². The highest BCUT2D eigenvalue weighted by atomic mass is 32.2. The van der Waals surface area contributed by atoms with Crippen LogP contribution in [0.3, 0.4) is 0 Å². The zero-order valence-corrected chi connectivity index (χ0v) is 12.9. The summed E-state index contributed by atoms with van der Waals surface area (Å²) in [5.74, 6) is 1.35. The molecule has 6 heteroatoms. The lowest BCUT2D eigenvalue weighted by atomic mass is 10.3. The maximum absolute atomic E-state index is 11.9. The highest BCUT2D eigenvalue weighted by molar-refractivity contribution is 7.99. The van der Waals surface area contributed by atoms with Gasteiger partial charge in [0.05, 0.1) is 4.99 Å². The number of amides is 1.